The second kappa shape index (κ2) is 8.00. The molecule has 0 heterocycles. The molecule has 1 atom stereocenters. The van der Waals surface area contributed by atoms with Crippen LogP contribution in [0.3, 0.4) is 0 Å². The molecule has 2 N–H and O–H groups in total. The topological polar surface area (TPSA) is 49.3 Å². The third-order valence-corrected chi connectivity index (χ3v) is 3.20. The number of benzene rings is 1. The number of aromatic hydroxyl groups is 1. The third-order valence-electron chi connectivity index (χ3n) is 2.98. The SMILES string of the molecule is CCCC(CCCl)CNC(=O)c1c(O)cccc1F. The first-order chi connectivity index (χ1) is 9.10. The lowest BCUT2D eigenvalue weighted by molar-refractivity contribution is 0.0939. The van der Waals surface area contributed by atoms with Gasteiger partial charge in [0.05, 0.1) is 0 Å². The quantitative estimate of drug-likeness (QED) is 0.756. The highest BCUT2D eigenvalue weighted by Crippen LogP contribution is 2.20. The Morgan fingerprint density at radius 3 is 2.79 bits per heavy atom. The number of carbonyl (C=O) groups is 1. The van der Waals surface area contributed by atoms with E-state index in [1.54, 1.807) is 0 Å². The maximum atomic E-state index is 13.5. The lowest BCUT2D eigenvalue weighted by Crippen LogP contribution is -2.30. The van der Waals surface area contributed by atoms with Gasteiger partial charge in [0.15, 0.2) is 0 Å². The fourth-order valence-electron chi connectivity index (χ4n) is 1.97. The number of rotatable bonds is 7. The van der Waals surface area contributed by atoms with Crippen molar-refractivity contribution in [2.24, 2.45) is 5.92 Å². The number of carbonyl (C=O) groups excluding carboxylic acids is 1. The van der Waals surface area contributed by atoms with Gasteiger partial charge in [-0.1, -0.05) is 19.4 Å². The van der Waals surface area contributed by atoms with Gasteiger partial charge < -0.3 is 10.4 Å². The zero-order valence-corrected chi connectivity index (χ0v) is 11.7. The standard InChI is InChI=1S/C14H19ClFNO2/c1-2-4-10(7-8-15)9-17-14(19)13-11(16)5-3-6-12(13)18/h3,5-6,10,18H,2,4,7-9H2,1H3,(H,17,19). The van der Waals surface area contributed by atoms with Crippen molar-refractivity contribution in [2.45, 2.75) is 26.2 Å². The normalized spacial score (nSPS) is 12.2. The molecule has 0 fully saturated rings. The predicted molar refractivity (Wildman–Crippen MR) is 74.1 cm³/mol. The predicted octanol–water partition coefficient (Wildman–Crippen LogP) is 3.31. The van der Waals surface area contributed by atoms with Gasteiger partial charge in [-0.15, -0.1) is 11.6 Å². The van der Waals surface area contributed by atoms with E-state index in [1.165, 1.54) is 12.1 Å². The molecule has 106 valence electrons. The first-order valence-electron chi connectivity index (χ1n) is 6.41. The van der Waals surface area contributed by atoms with E-state index in [0.717, 1.165) is 25.3 Å². The molecule has 0 aromatic heterocycles. The van der Waals surface area contributed by atoms with Crippen molar-refractivity contribution >= 4 is 17.5 Å². The van der Waals surface area contributed by atoms with Gasteiger partial charge in [-0.3, -0.25) is 4.79 Å². The minimum absolute atomic E-state index is 0.278. The number of alkyl halides is 1. The van der Waals surface area contributed by atoms with Crippen LogP contribution >= 0.6 is 11.6 Å². The fraction of sp³-hybridized carbons (Fsp3) is 0.500. The van der Waals surface area contributed by atoms with Crippen molar-refractivity contribution in [3.8, 4) is 5.75 Å². The molecule has 0 bridgehead atoms. The summed E-state index contributed by atoms with van der Waals surface area (Å²) in [5, 5.41) is 12.2. The Bertz CT molecular complexity index is 400. The number of halogens is 2. The van der Waals surface area contributed by atoms with Crippen LogP contribution in [-0.2, 0) is 0 Å². The summed E-state index contributed by atoms with van der Waals surface area (Å²) in [4.78, 5) is 11.9. The lowest BCUT2D eigenvalue weighted by Gasteiger charge is -2.16. The highest BCUT2D eigenvalue weighted by Gasteiger charge is 2.17. The van der Waals surface area contributed by atoms with E-state index in [0.29, 0.717) is 12.4 Å². The van der Waals surface area contributed by atoms with Crippen molar-refractivity contribution in [1.82, 2.24) is 5.32 Å². The molecule has 1 amide bonds. The summed E-state index contributed by atoms with van der Waals surface area (Å²) in [6.45, 7) is 2.50. The van der Waals surface area contributed by atoms with Crippen LogP contribution in [0.25, 0.3) is 0 Å². The Morgan fingerprint density at radius 1 is 1.47 bits per heavy atom. The largest absolute Gasteiger partial charge is 0.507 e. The molecule has 1 aromatic carbocycles. The van der Waals surface area contributed by atoms with Gasteiger partial charge in [-0.05, 0) is 30.9 Å². The number of phenols is 1. The van der Waals surface area contributed by atoms with Crippen LogP contribution in [0.5, 0.6) is 5.75 Å². The lowest BCUT2D eigenvalue weighted by atomic mass is 10.0. The van der Waals surface area contributed by atoms with Crippen LogP contribution in [0.4, 0.5) is 4.39 Å². The van der Waals surface area contributed by atoms with Crippen molar-refractivity contribution in [3.05, 3.63) is 29.6 Å². The van der Waals surface area contributed by atoms with Crippen LogP contribution in [0.2, 0.25) is 0 Å². The molecule has 19 heavy (non-hydrogen) atoms. The molecule has 1 aromatic rings. The van der Waals surface area contributed by atoms with Crippen molar-refractivity contribution in [1.29, 1.82) is 0 Å². The number of hydrogen-bond acceptors (Lipinski definition) is 2. The molecule has 0 aliphatic heterocycles. The highest BCUT2D eigenvalue weighted by atomic mass is 35.5. The minimum atomic E-state index is -0.720. The van der Waals surface area contributed by atoms with Gasteiger partial charge in [0, 0.05) is 12.4 Å². The molecule has 0 saturated heterocycles. The molecule has 0 aliphatic rings. The zero-order valence-electron chi connectivity index (χ0n) is 11.0. The molecule has 0 radical (unpaired) electrons. The van der Waals surface area contributed by atoms with E-state index < -0.39 is 11.7 Å². The van der Waals surface area contributed by atoms with Crippen molar-refractivity contribution in [3.63, 3.8) is 0 Å². The summed E-state index contributed by atoms with van der Waals surface area (Å²) >= 11 is 5.70. The highest BCUT2D eigenvalue weighted by molar-refractivity contribution is 6.17. The summed E-state index contributed by atoms with van der Waals surface area (Å²) in [5.74, 6) is -0.846. The Hall–Kier alpha value is -1.29. The maximum Gasteiger partial charge on any atom is 0.258 e. The Labute approximate surface area is 117 Å². The van der Waals surface area contributed by atoms with Crippen molar-refractivity contribution < 1.29 is 14.3 Å². The van der Waals surface area contributed by atoms with Gasteiger partial charge in [0.2, 0.25) is 0 Å². The Kier molecular flexibility index (Phi) is 6.64. The molecule has 0 spiro atoms. The van der Waals surface area contributed by atoms with E-state index in [2.05, 4.69) is 12.2 Å². The first kappa shape index (κ1) is 15.8. The molecular formula is C14H19ClFNO2. The van der Waals surface area contributed by atoms with Crippen LogP contribution in [-0.4, -0.2) is 23.4 Å². The van der Waals surface area contributed by atoms with E-state index in [1.807, 2.05) is 0 Å². The Balaban J connectivity index is 2.64. The molecule has 1 rings (SSSR count). The second-order valence-corrected chi connectivity index (χ2v) is 4.85. The van der Waals surface area contributed by atoms with Gasteiger partial charge in [0.1, 0.15) is 17.1 Å². The summed E-state index contributed by atoms with van der Waals surface area (Å²) in [6, 6.07) is 3.80. The summed E-state index contributed by atoms with van der Waals surface area (Å²) in [6.07, 6.45) is 2.76. The van der Waals surface area contributed by atoms with Gasteiger partial charge in [-0.25, -0.2) is 4.39 Å². The summed E-state index contributed by atoms with van der Waals surface area (Å²) in [7, 11) is 0. The summed E-state index contributed by atoms with van der Waals surface area (Å²) in [5.41, 5.74) is -0.302. The second-order valence-electron chi connectivity index (χ2n) is 4.48. The van der Waals surface area contributed by atoms with E-state index in [-0.39, 0.29) is 17.2 Å². The molecule has 0 saturated carbocycles. The number of amides is 1. The van der Waals surface area contributed by atoms with Crippen LogP contribution in [0.1, 0.15) is 36.5 Å². The molecule has 5 heteroatoms. The summed E-state index contributed by atoms with van der Waals surface area (Å²) < 4.78 is 13.5. The number of hydrogen-bond donors (Lipinski definition) is 2. The third kappa shape index (κ3) is 4.71. The molecule has 3 nitrogen and oxygen atoms in total. The van der Waals surface area contributed by atoms with Crippen LogP contribution < -0.4 is 5.32 Å². The van der Waals surface area contributed by atoms with Crippen molar-refractivity contribution in [2.75, 3.05) is 12.4 Å². The minimum Gasteiger partial charge on any atom is -0.507 e. The first-order valence-corrected chi connectivity index (χ1v) is 6.95. The smallest absolute Gasteiger partial charge is 0.258 e. The number of nitrogens with one attached hydrogen (secondary N) is 1. The van der Waals surface area contributed by atoms with Gasteiger partial charge in [0.25, 0.3) is 5.91 Å². The average Bonchev–Trinajstić information content (AvgIpc) is 2.36. The van der Waals surface area contributed by atoms with E-state index >= 15 is 0 Å². The zero-order chi connectivity index (χ0) is 14.3. The van der Waals surface area contributed by atoms with Gasteiger partial charge in [-0.2, -0.15) is 0 Å². The molecular weight excluding hydrogens is 269 g/mol. The van der Waals surface area contributed by atoms with Crippen LogP contribution in [0, 0.1) is 11.7 Å². The van der Waals surface area contributed by atoms with E-state index in [4.69, 9.17) is 11.6 Å². The molecule has 1 unspecified atom stereocenters. The van der Waals surface area contributed by atoms with Crippen LogP contribution in [0.15, 0.2) is 18.2 Å². The Morgan fingerprint density at radius 2 is 2.21 bits per heavy atom. The average molecular weight is 288 g/mol. The maximum absolute atomic E-state index is 13.5. The fourth-order valence-corrected chi connectivity index (χ4v) is 2.28. The van der Waals surface area contributed by atoms with E-state index in [9.17, 15) is 14.3 Å². The molecule has 0 aliphatic carbocycles. The monoisotopic (exact) mass is 287 g/mol. The van der Waals surface area contributed by atoms with Gasteiger partial charge >= 0.3 is 0 Å². The number of phenolic OH excluding ortho intramolecular Hbond substituents is 1.